The fourth-order valence-electron chi connectivity index (χ4n) is 2.70. The molecule has 1 aromatic carbocycles. The number of benzene rings is 1. The molecule has 0 radical (unpaired) electrons. The minimum absolute atomic E-state index is 0.257. The summed E-state index contributed by atoms with van der Waals surface area (Å²) in [7, 11) is 0. The van der Waals surface area contributed by atoms with Gasteiger partial charge in [0.15, 0.2) is 5.82 Å². The fourth-order valence-corrected chi connectivity index (χ4v) is 3.09. The Morgan fingerprint density at radius 1 is 1.38 bits per heavy atom. The zero-order chi connectivity index (χ0) is 17.5. The van der Waals surface area contributed by atoms with Gasteiger partial charge in [0.1, 0.15) is 11.5 Å². The number of piperidine rings is 1. The number of rotatable bonds is 2. The molecule has 0 unspecified atom stereocenters. The number of hydrogen-bond donors (Lipinski definition) is 3. The third-order valence-corrected chi connectivity index (χ3v) is 5.21. The highest BCUT2D eigenvalue weighted by molar-refractivity contribution is 6.43. The van der Waals surface area contributed by atoms with Crippen molar-refractivity contribution >= 4 is 34.8 Å². The van der Waals surface area contributed by atoms with Crippen molar-refractivity contribution in [1.82, 2.24) is 9.97 Å². The standard InChI is InChI=1S/C16H19Cl2N5O/c1-16(20)5-6-23(8-11(16)24)12-7-21-14(15(19)22-12)9-3-2-4-10(17)13(9)18/h2-4,7,11,24H,5-6,8,20H2,1H3,(H2,19,22)/t11-,16-/m1/s1. The molecule has 1 aromatic heterocycles. The molecule has 8 heteroatoms. The van der Waals surface area contributed by atoms with Crippen LogP contribution in [0.15, 0.2) is 24.4 Å². The number of hydrogen-bond acceptors (Lipinski definition) is 6. The van der Waals surface area contributed by atoms with Crippen LogP contribution in [0.25, 0.3) is 11.3 Å². The van der Waals surface area contributed by atoms with Crippen LogP contribution in [0.4, 0.5) is 11.6 Å². The summed E-state index contributed by atoms with van der Waals surface area (Å²) >= 11 is 12.3. The third-order valence-electron chi connectivity index (χ3n) is 4.39. The van der Waals surface area contributed by atoms with Crippen LogP contribution in [0, 0.1) is 0 Å². The number of nitrogen functional groups attached to an aromatic ring is 1. The second kappa shape index (κ2) is 6.37. The van der Waals surface area contributed by atoms with Gasteiger partial charge >= 0.3 is 0 Å². The molecule has 3 rings (SSSR count). The number of β-amino-alcohol motifs (C(OH)–C–C–N with tert-alkyl or cyclic N) is 1. The third kappa shape index (κ3) is 3.15. The Balaban J connectivity index is 1.90. The van der Waals surface area contributed by atoms with E-state index in [1.54, 1.807) is 24.4 Å². The van der Waals surface area contributed by atoms with Gasteiger partial charge in [0.25, 0.3) is 0 Å². The number of aliphatic hydroxyl groups excluding tert-OH is 1. The van der Waals surface area contributed by atoms with Crippen LogP contribution in [0.2, 0.25) is 10.0 Å². The molecule has 0 saturated carbocycles. The predicted octanol–water partition coefficient (Wildman–Crippen LogP) is 2.32. The predicted molar refractivity (Wildman–Crippen MR) is 97.3 cm³/mol. The van der Waals surface area contributed by atoms with Crippen molar-refractivity contribution in [3.8, 4) is 11.3 Å². The average Bonchev–Trinajstić information content (AvgIpc) is 2.53. The van der Waals surface area contributed by atoms with Crippen LogP contribution in [0.5, 0.6) is 0 Å². The first-order valence-electron chi connectivity index (χ1n) is 7.58. The molecule has 6 nitrogen and oxygen atoms in total. The van der Waals surface area contributed by atoms with Crippen molar-refractivity contribution in [2.75, 3.05) is 23.7 Å². The van der Waals surface area contributed by atoms with Crippen molar-refractivity contribution in [2.45, 2.75) is 25.0 Å². The summed E-state index contributed by atoms with van der Waals surface area (Å²) in [4.78, 5) is 10.7. The molecule has 5 N–H and O–H groups in total. The molecule has 2 atom stereocenters. The lowest BCUT2D eigenvalue weighted by atomic mass is 9.88. The van der Waals surface area contributed by atoms with Crippen molar-refractivity contribution in [3.63, 3.8) is 0 Å². The maximum absolute atomic E-state index is 10.2. The van der Waals surface area contributed by atoms with Gasteiger partial charge in [-0.15, -0.1) is 0 Å². The lowest BCUT2D eigenvalue weighted by Gasteiger charge is -2.41. The van der Waals surface area contributed by atoms with E-state index in [1.165, 1.54) is 0 Å². The Morgan fingerprint density at radius 2 is 2.12 bits per heavy atom. The van der Waals surface area contributed by atoms with E-state index >= 15 is 0 Å². The second-order valence-corrected chi connectivity index (χ2v) is 7.07. The van der Waals surface area contributed by atoms with Gasteiger partial charge in [-0.25, -0.2) is 9.97 Å². The fraction of sp³-hybridized carbons (Fsp3) is 0.375. The second-order valence-electron chi connectivity index (χ2n) is 6.28. The van der Waals surface area contributed by atoms with Gasteiger partial charge in [-0.3, -0.25) is 0 Å². The molecule has 0 spiro atoms. The first-order chi connectivity index (χ1) is 11.3. The van der Waals surface area contributed by atoms with Crippen molar-refractivity contribution in [3.05, 3.63) is 34.4 Å². The molecule has 128 valence electrons. The average molecular weight is 368 g/mol. The lowest BCUT2D eigenvalue weighted by molar-refractivity contribution is 0.0792. The van der Waals surface area contributed by atoms with E-state index in [2.05, 4.69) is 9.97 Å². The first kappa shape index (κ1) is 17.2. The number of nitrogens with zero attached hydrogens (tertiary/aromatic N) is 3. The minimum Gasteiger partial charge on any atom is -0.389 e. The largest absolute Gasteiger partial charge is 0.389 e. The number of aliphatic hydroxyl groups is 1. The molecule has 2 aromatic rings. The van der Waals surface area contributed by atoms with Gasteiger partial charge in [0.2, 0.25) is 0 Å². The van der Waals surface area contributed by atoms with Crippen molar-refractivity contribution in [2.24, 2.45) is 5.73 Å². The van der Waals surface area contributed by atoms with Crippen LogP contribution >= 0.6 is 23.2 Å². The molecule has 2 heterocycles. The van der Waals surface area contributed by atoms with Crippen LogP contribution in [0.1, 0.15) is 13.3 Å². The zero-order valence-corrected chi connectivity index (χ0v) is 14.7. The highest BCUT2D eigenvalue weighted by atomic mass is 35.5. The van der Waals surface area contributed by atoms with Gasteiger partial charge in [-0.2, -0.15) is 0 Å². The molecule has 1 aliphatic heterocycles. The van der Waals surface area contributed by atoms with E-state index < -0.39 is 11.6 Å². The first-order valence-corrected chi connectivity index (χ1v) is 8.34. The maximum Gasteiger partial charge on any atom is 0.152 e. The molecule has 0 aliphatic carbocycles. The van der Waals surface area contributed by atoms with Gasteiger partial charge < -0.3 is 21.5 Å². The van der Waals surface area contributed by atoms with Crippen LogP contribution in [-0.2, 0) is 0 Å². The topological polar surface area (TPSA) is 101 Å². The molecule has 1 saturated heterocycles. The van der Waals surface area contributed by atoms with E-state index in [0.717, 1.165) is 0 Å². The molecule has 0 amide bonds. The number of halogens is 2. The summed E-state index contributed by atoms with van der Waals surface area (Å²) in [6.07, 6.45) is 1.63. The van der Waals surface area contributed by atoms with Gasteiger partial charge in [-0.05, 0) is 19.4 Å². The number of aromatic nitrogens is 2. The number of anilines is 2. The van der Waals surface area contributed by atoms with Crippen LogP contribution in [0.3, 0.4) is 0 Å². The lowest BCUT2D eigenvalue weighted by Crippen LogP contribution is -2.59. The normalized spacial score (nSPS) is 24.2. The van der Waals surface area contributed by atoms with Crippen LogP contribution < -0.4 is 16.4 Å². The van der Waals surface area contributed by atoms with E-state index in [9.17, 15) is 5.11 Å². The minimum atomic E-state index is -0.642. The molecular formula is C16H19Cl2N5O. The van der Waals surface area contributed by atoms with Gasteiger partial charge in [0.05, 0.1) is 22.3 Å². The smallest absolute Gasteiger partial charge is 0.152 e. The molecule has 0 bridgehead atoms. The Hall–Kier alpha value is -1.60. The molecular weight excluding hydrogens is 349 g/mol. The summed E-state index contributed by atoms with van der Waals surface area (Å²) in [6, 6.07) is 5.27. The zero-order valence-electron chi connectivity index (χ0n) is 13.2. The van der Waals surface area contributed by atoms with Gasteiger partial charge in [0, 0.05) is 24.2 Å². The molecule has 1 aliphatic rings. The summed E-state index contributed by atoms with van der Waals surface area (Å²) in [5.74, 6) is 0.858. The van der Waals surface area contributed by atoms with E-state index in [1.807, 2.05) is 11.8 Å². The Morgan fingerprint density at radius 3 is 2.79 bits per heavy atom. The van der Waals surface area contributed by atoms with E-state index in [4.69, 9.17) is 34.7 Å². The monoisotopic (exact) mass is 367 g/mol. The summed E-state index contributed by atoms with van der Waals surface area (Å²) in [6.45, 7) is 2.91. The maximum atomic E-state index is 10.2. The van der Waals surface area contributed by atoms with E-state index in [-0.39, 0.29) is 5.82 Å². The number of nitrogens with two attached hydrogens (primary N) is 2. The van der Waals surface area contributed by atoms with Gasteiger partial charge in [-0.1, -0.05) is 35.3 Å². The Bertz CT molecular complexity index is 768. The van der Waals surface area contributed by atoms with E-state index in [0.29, 0.717) is 46.6 Å². The SMILES string of the molecule is C[C@@]1(N)CCN(c2cnc(-c3cccc(Cl)c3Cl)c(N)n2)C[C@H]1O. The summed E-state index contributed by atoms with van der Waals surface area (Å²) in [5.41, 5.74) is 12.7. The quantitative estimate of drug-likeness (QED) is 0.752. The summed E-state index contributed by atoms with van der Waals surface area (Å²) < 4.78 is 0. The highest BCUT2D eigenvalue weighted by Crippen LogP contribution is 2.35. The summed E-state index contributed by atoms with van der Waals surface area (Å²) in [5, 5.41) is 11.0. The highest BCUT2D eigenvalue weighted by Gasteiger charge is 2.35. The van der Waals surface area contributed by atoms with Crippen LogP contribution in [-0.4, -0.2) is 39.8 Å². The Kier molecular flexibility index (Phi) is 4.57. The van der Waals surface area contributed by atoms with Crippen molar-refractivity contribution < 1.29 is 5.11 Å². The molecule has 24 heavy (non-hydrogen) atoms. The molecule has 1 fully saturated rings. The Labute approximate surface area is 150 Å². The van der Waals surface area contributed by atoms with Crippen molar-refractivity contribution in [1.29, 1.82) is 0 Å².